The van der Waals surface area contributed by atoms with E-state index in [1.54, 1.807) is 14.2 Å². The van der Waals surface area contributed by atoms with Crippen LogP contribution in [0.5, 0.6) is 17.2 Å². The van der Waals surface area contributed by atoms with Gasteiger partial charge in [0.05, 0.1) is 31.7 Å². The van der Waals surface area contributed by atoms with Crippen LogP contribution in [0.2, 0.25) is 0 Å². The number of aromatic nitrogens is 1. The predicted octanol–water partition coefficient (Wildman–Crippen LogP) is 4.70. The van der Waals surface area contributed by atoms with E-state index in [-0.39, 0.29) is 0 Å². The predicted molar refractivity (Wildman–Crippen MR) is 91.8 cm³/mol. The highest BCUT2D eigenvalue weighted by molar-refractivity contribution is 5.92. The van der Waals surface area contributed by atoms with Crippen LogP contribution in [0.25, 0.3) is 10.9 Å². The Morgan fingerprint density at radius 1 is 1.00 bits per heavy atom. The second-order valence-electron chi connectivity index (χ2n) is 6.04. The van der Waals surface area contributed by atoms with Crippen molar-refractivity contribution in [2.24, 2.45) is 0 Å². The maximum Gasteiger partial charge on any atom is 0.135 e. The van der Waals surface area contributed by atoms with Crippen LogP contribution in [-0.4, -0.2) is 25.8 Å². The van der Waals surface area contributed by atoms with Crippen LogP contribution >= 0.6 is 0 Å². The fourth-order valence-corrected chi connectivity index (χ4v) is 3.45. The maximum absolute atomic E-state index is 5.91. The van der Waals surface area contributed by atoms with Crippen LogP contribution in [-0.2, 0) is 0 Å². The van der Waals surface area contributed by atoms with E-state index in [2.05, 4.69) is 6.07 Å². The first-order chi connectivity index (χ1) is 11.3. The fraction of sp³-hybridized carbons (Fsp3) is 0.526. The third-order valence-electron chi connectivity index (χ3n) is 4.61. The molecule has 3 rings (SSSR count). The van der Waals surface area contributed by atoms with Gasteiger partial charge >= 0.3 is 0 Å². The number of hydrogen-bond acceptors (Lipinski definition) is 4. The van der Waals surface area contributed by atoms with E-state index in [1.165, 1.54) is 32.1 Å². The molecule has 4 heteroatoms. The summed E-state index contributed by atoms with van der Waals surface area (Å²) in [5.74, 6) is 2.89. The highest BCUT2D eigenvalue weighted by Crippen LogP contribution is 2.40. The van der Waals surface area contributed by atoms with E-state index in [0.29, 0.717) is 12.5 Å². The van der Waals surface area contributed by atoms with Crippen LogP contribution in [0.1, 0.15) is 50.6 Å². The van der Waals surface area contributed by atoms with Crippen LogP contribution in [0.15, 0.2) is 18.2 Å². The number of benzene rings is 1. The van der Waals surface area contributed by atoms with E-state index in [9.17, 15) is 0 Å². The molecule has 0 atom stereocenters. The molecular formula is C19H25NO3. The lowest BCUT2D eigenvalue weighted by atomic mass is 9.86. The van der Waals surface area contributed by atoms with Crippen molar-refractivity contribution in [1.82, 2.24) is 4.98 Å². The van der Waals surface area contributed by atoms with Gasteiger partial charge in [0.15, 0.2) is 0 Å². The summed E-state index contributed by atoms with van der Waals surface area (Å²) >= 11 is 0. The van der Waals surface area contributed by atoms with Crippen molar-refractivity contribution in [1.29, 1.82) is 0 Å². The number of nitrogens with zero attached hydrogens (tertiary/aromatic N) is 1. The van der Waals surface area contributed by atoms with Crippen molar-refractivity contribution in [2.45, 2.75) is 44.9 Å². The minimum absolute atomic E-state index is 0.532. The van der Waals surface area contributed by atoms with Crippen molar-refractivity contribution in [3.63, 3.8) is 0 Å². The second-order valence-corrected chi connectivity index (χ2v) is 6.04. The highest BCUT2D eigenvalue weighted by Gasteiger charge is 2.21. The van der Waals surface area contributed by atoms with Crippen LogP contribution in [0.4, 0.5) is 0 Å². The van der Waals surface area contributed by atoms with Crippen molar-refractivity contribution >= 4 is 10.9 Å². The summed E-state index contributed by atoms with van der Waals surface area (Å²) in [6, 6.07) is 5.95. The second kappa shape index (κ2) is 7.07. The molecule has 1 heterocycles. The van der Waals surface area contributed by atoms with Gasteiger partial charge in [0.2, 0.25) is 0 Å². The largest absolute Gasteiger partial charge is 0.497 e. The van der Waals surface area contributed by atoms with E-state index in [4.69, 9.17) is 19.2 Å². The lowest BCUT2D eigenvalue weighted by molar-refractivity contribution is 0.340. The Morgan fingerprint density at radius 3 is 2.43 bits per heavy atom. The molecule has 1 aliphatic rings. The van der Waals surface area contributed by atoms with Gasteiger partial charge in [-0.3, -0.25) is 4.98 Å². The molecule has 0 unspecified atom stereocenters. The molecule has 1 aromatic carbocycles. The summed E-state index contributed by atoms with van der Waals surface area (Å²) in [7, 11) is 3.33. The number of fused-ring (bicyclic) bond motifs is 1. The highest BCUT2D eigenvalue weighted by atomic mass is 16.5. The third-order valence-corrected chi connectivity index (χ3v) is 4.61. The zero-order valence-electron chi connectivity index (χ0n) is 14.2. The molecule has 0 saturated heterocycles. The van der Waals surface area contributed by atoms with Gasteiger partial charge in [-0.2, -0.15) is 0 Å². The number of ether oxygens (including phenoxy) is 3. The van der Waals surface area contributed by atoms with E-state index in [0.717, 1.165) is 33.8 Å². The first kappa shape index (κ1) is 15.9. The smallest absolute Gasteiger partial charge is 0.135 e. The van der Waals surface area contributed by atoms with Crippen molar-refractivity contribution in [3.8, 4) is 17.2 Å². The molecule has 0 N–H and O–H groups in total. The van der Waals surface area contributed by atoms with E-state index >= 15 is 0 Å². The minimum Gasteiger partial charge on any atom is -0.497 e. The summed E-state index contributed by atoms with van der Waals surface area (Å²) < 4.78 is 16.8. The summed E-state index contributed by atoms with van der Waals surface area (Å²) in [6.07, 6.45) is 6.34. The molecule has 0 spiro atoms. The van der Waals surface area contributed by atoms with Crippen molar-refractivity contribution in [3.05, 3.63) is 23.9 Å². The normalized spacial score (nSPS) is 15.6. The van der Waals surface area contributed by atoms with Crippen LogP contribution in [0.3, 0.4) is 0 Å². The maximum atomic E-state index is 5.91. The van der Waals surface area contributed by atoms with Gasteiger partial charge in [0, 0.05) is 29.8 Å². The van der Waals surface area contributed by atoms with Gasteiger partial charge < -0.3 is 14.2 Å². The van der Waals surface area contributed by atoms with Crippen LogP contribution < -0.4 is 14.2 Å². The Balaban J connectivity index is 2.16. The Bertz CT molecular complexity index is 678. The zero-order chi connectivity index (χ0) is 16.2. The molecule has 0 radical (unpaired) electrons. The quantitative estimate of drug-likeness (QED) is 0.802. The lowest BCUT2D eigenvalue weighted by Gasteiger charge is -2.22. The van der Waals surface area contributed by atoms with Crippen molar-refractivity contribution < 1.29 is 14.2 Å². The molecule has 0 amide bonds. The Kier molecular flexibility index (Phi) is 4.89. The number of methoxy groups -OCH3 is 2. The van der Waals surface area contributed by atoms with Gasteiger partial charge in [-0.1, -0.05) is 19.3 Å². The molecule has 1 fully saturated rings. The SMILES string of the molecule is CCOc1cc(C2CCCCC2)nc2cc(OC)cc(OC)c12. The molecule has 124 valence electrons. The Morgan fingerprint density at radius 2 is 1.78 bits per heavy atom. The molecule has 1 aromatic heterocycles. The molecule has 2 aromatic rings. The number of hydrogen-bond donors (Lipinski definition) is 0. The van der Waals surface area contributed by atoms with Crippen molar-refractivity contribution in [2.75, 3.05) is 20.8 Å². The molecular weight excluding hydrogens is 290 g/mol. The standard InChI is InChI=1S/C19H25NO3/c1-4-23-18-12-15(13-8-6-5-7-9-13)20-16-10-14(21-2)11-17(22-3)19(16)18/h10-13H,4-9H2,1-3H3. The molecule has 0 aliphatic heterocycles. The topological polar surface area (TPSA) is 40.6 Å². The average molecular weight is 315 g/mol. The number of rotatable bonds is 5. The zero-order valence-corrected chi connectivity index (χ0v) is 14.2. The summed E-state index contributed by atoms with van der Waals surface area (Å²) in [5, 5.41) is 0.926. The van der Waals surface area contributed by atoms with E-state index < -0.39 is 0 Å². The van der Waals surface area contributed by atoms with Gasteiger partial charge in [0.1, 0.15) is 17.2 Å². The molecule has 0 bridgehead atoms. The lowest BCUT2D eigenvalue weighted by Crippen LogP contribution is -2.08. The fourth-order valence-electron chi connectivity index (χ4n) is 3.45. The molecule has 1 saturated carbocycles. The first-order valence-corrected chi connectivity index (χ1v) is 8.46. The monoisotopic (exact) mass is 315 g/mol. The Labute approximate surface area is 137 Å². The molecule has 23 heavy (non-hydrogen) atoms. The van der Waals surface area contributed by atoms with Gasteiger partial charge in [0.25, 0.3) is 0 Å². The molecule has 1 aliphatic carbocycles. The van der Waals surface area contributed by atoms with E-state index in [1.807, 2.05) is 19.1 Å². The first-order valence-electron chi connectivity index (χ1n) is 8.46. The summed E-state index contributed by atoms with van der Waals surface area (Å²) in [4.78, 5) is 4.92. The van der Waals surface area contributed by atoms with Gasteiger partial charge in [-0.05, 0) is 19.8 Å². The summed E-state index contributed by atoms with van der Waals surface area (Å²) in [5.41, 5.74) is 2.02. The van der Waals surface area contributed by atoms with Crippen LogP contribution in [0, 0.1) is 0 Å². The number of pyridine rings is 1. The third kappa shape index (κ3) is 3.21. The summed E-state index contributed by atoms with van der Waals surface area (Å²) in [6.45, 7) is 2.63. The molecule has 4 nitrogen and oxygen atoms in total. The average Bonchev–Trinajstić information content (AvgIpc) is 2.61. The minimum atomic E-state index is 0.532. The van der Waals surface area contributed by atoms with Gasteiger partial charge in [-0.25, -0.2) is 0 Å². The van der Waals surface area contributed by atoms with Gasteiger partial charge in [-0.15, -0.1) is 0 Å². The Hall–Kier alpha value is -1.97.